The smallest absolute Gasteiger partial charge is 0.436 e. The van der Waals surface area contributed by atoms with Gasteiger partial charge in [-0.3, -0.25) is 18.9 Å². The van der Waals surface area contributed by atoms with Gasteiger partial charge in [-0.15, -0.1) is 0 Å². The van der Waals surface area contributed by atoms with E-state index in [1.165, 1.54) is 0 Å². The van der Waals surface area contributed by atoms with Crippen molar-refractivity contribution in [2.45, 2.75) is 24.5 Å². The van der Waals surface area contributed by atoms with E-state index in [2.05, 4.69) is 13.1 Å². The molecule has 1 aromatic heterocycles. The number of phosphoric acid groups is 3. The Labute approximate surface area is 171 Å². The van der Waals surface area contributed by atoms with Crippen LogP contribution >= 0.6 is 23.5 Å². The van der Waals surface area contributed by atoms with E-state index in [1.807, 2.05) is 4.98 Å². The fourth-order valence-electron chi connectivity index (χ4n) is 2.38. The molecular formula is C11H15N2O15P3. The number of hydrogen-bond acceptors (Lipinski definition) is 11. The van der Waals surface area contributed by atoms with Crippen LogP contribution in [0.15, 0.2) is 21.9 Å². The third kappa shape index (κ3) is 7.19. The Hall–Kier alpha value is -1.63. The number of phosphoric ester groups is 1. The van der Waals surface area contributed by atoms with Gasteiger partial charge in [0.1, 0.15) is 18.3 Å². The molecule has 6 atom stereocenters. The molecule has 6 N–H and O–H groups in total. The van der Waals surface area contributed by atoms with E-state index in [-0.39, 0.29) is 0 Å². The molecule has 1 aliphatic heterocycles. The Bertz CT molecular complexity index is 1100. The van der Waals surface area contributed by atoms with Gasteiger partial charge in [0.2, 0.25) is 0 Å². The molecule has 1 saturated heterocycles. The monoisotopic (exact) mass is 508 g/mol. The summed E-state index contributed by atoms with van der Waals surface area (Å²) in [6.45, 7) is -1.02. The van der Waals surface area contributed by atoms with Crippen LogP contribution in [-0.2, 0) is 36.3 Å². The number of H-pyrrole nitrogens is 1. The predicted octanol–water partition coefficient (Wildman–Crippen LogP) is -1.89. The molecule has 0 amide bonds. The van der Waals surface area contributed by atoms with E-state index in [1.54, 1.807) is 6.11 Å². The van der Waals surface area contributed by atoms with Crippen molar-refractivity contribution in [2.24, 2.45) is 0 Å². The minimum atomic E-state index is -5.74. The summed E-state index contributed by atoms with van der Waals surface area (Å²) in [5.74, 6) is 0. The third-order valence-electron chi connectivity index (χ3n) is 3.46. The first-order chi connectivity index (χ1) is 14.1. The largest absolute Gasteiger partial charge is 0.490 e. The lowest BCUT2D eigenvalue weighted by molar-refractivity contribution is -0.0541. The van der Waals surface area contributed by atoms with Gasteiger partial charge in [-0.2, -0.15) is 8.62 Å². The highest BCUT2D eigenvalue weighted by atomic mass is 31.3. The summed E-state index contributed by atoms with van der Waals surface area (Å²) in [4.78, 5) is 60.6. The second-order valence-electron chi connectivity index (χ2n) is 5.66. The highest BCUT2D eigenvalue weighted by molar-refractivity contribution is 7.66. The van der Waals surface area contributed by atoms with Gasteiger partial charge in [0.05, 0.1) is 6.61 Å². The van der Waals surface area contributed by atoms with Gasteiger partial charge in [-0.05, 0) is 0 Å². The molecule has 1 aromatic rings. The summed E-state index contributed by atoms with van der Waals surface area (Å²) < 4.78 is 56.1. The maximum Gasteiger partial charge on any atom is 0.490 e. The number of aliphatic hydroxyl groups is 1. The van der Waals surface area contributed by atoms with Crippen LogP contribution in [-0.4, -0.2) is 59.2 Å². The van der Waals surface area contributed by atoms with Crippen molar-refractivity contribution in [3.63, 3.8) is 0 Å². The van der Waals surface area contributed by atoms with Crippen LogP contribution in [0.3, 0.4) is 0 Å². The number of nitrogens with zero attached hydrogens (tertiary/aromatic N) is 1. The number of nitrogens with one attached hydrogen (secondary N) is 1. The lowest BCUT2D eigenvalue weighted by Gasteiger charge is -2.19. The molecule has 174 valence electrons. The molecule has 1 fully saturated rings. The van der Waals surface area contributed by atoms with E-state index in [0.29, 0.717) is 0 Å². The molecule has 0 radical (unpaired) electrons. The molecule has 1 aliphatic rings. The van der Waals surface area contributed by atoms with E-state index >= 15 is 0 Å². The highest BCUT2D eigenvalue weighted by Gasteiger charge is 2.48. The van der Waals surface area contributed by atoms with Crippen LogP contribution in [0.25, 0.3) is 0 Å². The van der Waals surface area contributed by atoms with Crippen LogP contribution in [0, 0.1) is 12.5 Å². The molecule has 2 rings (SSSR count). The summed E-state index contributed by atoms with van der Waals surface area (Å²) in [6, 6.07) is 0.948. The maximum atomic E-state index is 11.9. The van der Waals surface area contributed by atoms with Crippen molar-refractivity contribution in [3.8, 4) is 12.5 Å². The number of terminal acetylenes is 1. The predicted molar refractivity (Wildman–Crippen MR) is 94.8 cm³/mol. The van der Waals surface area contributed by atoms with Gasteiger partial charge >= 0.3 is 29.2 Å². The molecule has 0 bridgehead atoms. The zero-order valence-electron chi connectivity index (χ0n) is 14.9. The average Bonchev–Trinajstić information content (AvgIpc) is 2.86. The minimum absolute atomic E-state index is 0.738. The first-order valence-electron chi connectivity index (χ1n) is 7.69. The van der Waals surface area contributed by atoms with E-state index in [0.717, 1.165) is 16.8 Å². The third-order valence-corrected chi connectivity index (χ3v) is 7.26. The van der Waals surface area contributed by atoms with Gasteiger partial charge in [0.25, 0.3) is 5.56 Å². The van der Waals surface area contributed by atoms with Crippen LogP contribution in [0.2, 0.25) is 0 Å². The maximum absolute atomic E-state index is 11.9. The lowest BCUT2D eigenvalue weighted by atomic mass is 10.1. The Kier molecular flexibility index (Phi) is 7.83. The molecule has 0 aromatic carbocycles. The first kappa shape index (κ1) is 25.6. The molecule has 0 spiro atoms. The normalized spacial score (nSPS) is 27.7. The molecule has 20 heteroatoms. The number of hydrogen-bond donors (Lipinski definition) is 6. The molecular weight excluding hydrogens is 493 g/mol. The summed E-state index contributed by atoms with van der Waals surface area (Å²) in [6.07, 6.45) is 1.69. The SMILES string of the molecule is C#CO[C@@H]1[C@@H](O)[C@@H](COP(=O)(O)OP(=O)(O)OP(=O)(O)O)O[C@H]1n1ccc(=O)[nH]c1=O. The summed E-state index contributed by atoms with van der Waals surface area (Å²) in [5, 5.41) is 10.3. The minimum Gasteiger partial charge on any atom is -0.436 e. The van der Waals surface area contributed by atoms with Gasteiger partial charge in [-0.25, -0.2) is 18.5 Å². The summed E-state index contributed by atoms with van der Waals surface area (Å²) >= 11 is 0. The van der Waals surface area contributed by atoms with Crippen molar-refractivity contribution >= 4 is 23.5 Å². The number of ether oxygens (including phenoxy) is 2. The topological polar surface area (TPSA) is 253 Å². The second-order valence-corrected chi connectivity index (χ2v) is 10.1. The summed E-state index contributed by atoms with van der Waals surface area (Å²) in [5.41, 5.74) is -1.71. The van der Waals surface area contributed by atoms with E-state index < -0.39 is 65.9 Å². The molecule has 0 aliphatic carbocycles. The highest BCUT2D eigenvalue weighted by Crippen LogP contribution is 2.66. The van der Waals surface area contributed by atoms with Crippen molar-refractivity contribution < 1.29 is 61.0 Å². The van der Waals surface area contributed by atoms with Crippen molar-refractivity contribution in [3.05, 3.63) is 33.1 Å². The summed E-state index contributed by atoms with van der Waals surface area (Å²) in [7, 11) is -16.8. The number of aromatic amines is 1. The van der Waals surface area contributed by atoms with Crippen LogP contribution in [0.5, 0.6) is 0 Å². The van der Waals surface area contributed by atoms with Gasteiger partial charge in [0, 0.05) is 12.3 Å². The van der Waals surface area contributed by atoms with Crippen molar-refractivity contribution in [1.82, 2.24) is 9.55 Å². The van der Waals surface area contributed by atoms with Gasteiger partial charge in [-0.1, -0.05) is 6.42 Å². The fourth-order valence-corrected chi connectivity index (χ4v) is 5.41. The number of rotatable bonds is 9. The number of aliphatic hydroxyl groups excluding tert-OH is 1. The van der Waals surface area contributed by atoms with Crippen molar-refractivity contribution in [2.75, 3.05) is 6.61 Å². The molecule has 17 nitrogen and oxygen atoms in total. The van der Waals surface area contributed by atoms with Crippen LogP contribution in [0.1, 0.15) is 6.23 Å². The average molecular weight is 508 g/mol. The molecule has 0 saturated carbocycles. The van der Waals surface area contributed by atoms with E-state index in [9.17, 15) is 33.3 Å². The van der Waals surface area contributed by atoms with Gasteiger partial charge in [0.15, 0.2) is 12.3 Å². The molecule has 2 unspecified atom stereocenters. The second kappa shape index (κ2) is 9.47. The van der Waals surface area contributed by atoms with E-state index in [4.69, 9.17) is 30.6 Å². The van der Waals surface area contributed by atoms with Crippen molar-refractivity contribution in [1.29, 1.82) is 0 Å². The van der Waals surface area contributed by atoms with Crippen LogP contribution in [0.4, 0.5) is 0 Å². The zero-order valence-corrected chi connectivity index (χ0v) is 17.5. The lowest BCUT2D eigenvalue weighted by Crippen LogP contribution is -2.38. The standard InChI is InChI=1S/C11H15N2O15P3/c1-2-24-9-8(15)6(26-10(9)13-4-3-7(14)12-11(13)16)5-25-30(20,21)28-31(22,23)27-29(17,18)19/h1,3-4,6,8-10,15H,5H2,(H,20,21)(H,22,23)(H,12,14,16)(H2,17,18,19)/t6-,8+,9-,10-/m1/s1. The number of aromatic nitrogens is 2. The zero-order chi connectivity index (χ0) is 23.6. The first-order valence-corrected chi connectivity index (χ1v) is 12.2. The Balaban J connectivity index is 2.14. The fraction of sp³-hybridized carbons (Fsp3) is 0.455. The quantitative estimate of drug-likeness (QED) is 0.158. The molecule has 31 heavy (non-hydrogen) atoms. The Morgan fingerprint density at radius 2 is 1.81 bits per heavy atom. The van der Waals surface area contributed by atoms with Gasteiger partial charge < -0.3 is 34.2 Å². The Morgan fingerprint density at radius 1 is 1.16 bits per heavy atom. The Morgan fingerprint density at radius 3 is 2.35 bits per heavy atom. The molecule has 2 heterocycles. The van der Waals surface area contributed by atoms with Crippen LogP contribution < -0.4 is 11.2 Å².